The van der Waals surface area contributed by atoms with Crippen LogP contribution in [0.15, 0.2) is 11.4 Å². The van der Waals surface area contributed by atoms with Crippen LogP contribution in [0.3, 0.4) is 0 Å². The van der Waals surface area contributed by atoms with Gasteiger partial charge < -0.3 is 15.7 Å². The Morgan fingerprint density at radius 3 is 2.76 bits per heavy atom. The Balaban J connectivity index is 2.15. The fraction of sp³-hybridized carbons (Fsp3) is 0.600. The molecule has 5 nitrogen and oxygen atoms in total. The van der Waals surface area contributed by atoms with Crippen LogP contribution in [0.25, 0.3) is 0 Å². The molecule has 0 aromatic carbocycles. The predicted octanol–water partition coefficient (Wildman–Crippen LogP) is 3.00. The van der Waals surface area contributed by atoms with E-state index in [0.717, 1.165) is 12.8 Å². The van der Waals surface area contributed by atoms with Crippen molar-refractivity contribution in [3.63, 3.8) is 0 Å². The standard InChI is InChI=1S/C15H24N2O3S/c1-3-12-7-9-21-13(12)10-17-15(20)16-8-6-11(2)4-5-14(18)19/h7,9,11H,3-6,8,10H2,1-2H3,(H,18,19)(H2,16,17,20). The summed E-state index contributed by atoms with van der Waals surface area (Å²) in [5, 5.41) is 16.3. The zero-order valence-electron chi connectivity index (χ0n) is 12.6. The van der Waals surface area contributed by atoms with Crippen molar-refractivity contribution in [1.82, 2.24) is 10.6 Å². The molecule has 0 saturated heterocycles. The van der Waals surface area contributed by atoms with Crippen LogP contribution in [0, 0.1) is 5.92 Å². The van der Waals surface area contributed by atoms with Crippen molar-refractivity contribution < 1.29 is 14.7 Å². The number of hydrogen-bond acceptors (Lipinski definition) is 3. The third kappa shape index (κ3) is 7.13. The molecule has 118 valence electrons. The molecule has 1 unspecified atom stereocenters. The first-order valence-corrected chi connectivity index (χ1v) is 8.19. The lowest BCUT2D eigenvalue weighted by molar-refractivity contribution is -0.137. The maximum Gasteiger partial charge on any atom is 0.315 e. The summed E-state index contributed by atoms with van der Waals surface area (Å²) in [5.74, 6) is -0.472. The van der Waals surface area contributed by atoms with Crippen LogP contribution >= 0.6 is 11.3 Å². The monoisotopic (exact) mass is 312 g/mol. The lowest BCUT2D eigenvalue weighted by Crippen LogP contribution is -2.36. The number of carbonyl (C=O) groups is 2. The molecule has 3 N–H and O–H groups in total. The third-order valence-electron chi connectivity index (χ3n) is 3.40. The zero-order valence-corrected chi connectivity index (χ0v) is 13.5. The lowest BCUT2D eigenvalue weighted by Gasteiger charge is -2.11. The number of carbonyl (C=O) groups excluding carboxylic acids is 1. The highest BCUT2D eigenvalue weighted by Gasteiger charge is 2.07. The highest BCUT2D eigenvalue weighted by Crippen LogP contribution is 2.16. The van der Waals surface area contributed by atoms with Gasteiger partial charge in [-0.15, -0.1) is 11.3 Å². The van der Waals surface area contributed by atoms with Gasteiger partial charge in [0.15, 0.2) is 0 Å². The number of urea groups is 1. The molecular weight excluding hydrogens is 288 g/mol. The van der Waals surface area contributed by atoms with Gasteiger partial charge in [0.25, 0.3) is 0 Å². The number of rotatable bonds is 9. The van der Waals surface area contributed by atoms with Crippen LogP contribution < -0.4 is 10.6 Å². The van der Waals surface area contributed by atoms with Crippen molar-refractivity contribution in [1.29, 1.82) is 0 Å². The maximum atomic E-state index is 11.7. The molecule has 0 saturated carbocycles. The first-order valence-electron chi connectivity index (χ1n) is 7.31. The topological polar surface area (TPSA) is 78.4 Å². The number of amides is 2. The van der Waals surface area contributed by atoms with Crippen molar-refractivity contribution in [2.24, 2.45) is 5.92 Å². The second kappa shape index (κ2) is 9.39. The largest absolute Gasteiger partial charge is 0.481 e. The van der Waals surface area contributed by atoms with Crippen LogP contribution in [-0.2, 0) is 17.8 Å². The molecular formula is C15H24N2O3S. The van der Waals surface area contributed by atoms with Crippen molar-refractivity contribution in [2.75, 3.05) is 6.54 Å². The van der Waals surface area contributed by atoms with E-state index in [1.165, 1.54) is 10.4 Å². The number of carboxylic acids is 1. The SMILES string of the molecule is CCc1ccsc1CNC(=O)NCCC(C)CCC(=O)O. The van der Waals surface area contributed by atoms with Gasteiger partial charge >= 0.3 is 12.0 Å². The van der Waals surface area contributed by atoms with Gasteiger partial charge in [0.1, 0.15) is 0 Å². The van der Waals surface area contributed by atoms with E-state index >= 15 is 0 Å². The summed E-state index contributed by atoms with van der Waals surface area (Å²) in [6, 6.07) is 1.92. The number of thiophene rings is 1. The number of nitrogens with one attached hydrogen (secondary N) is 2. The first kappa shape index (κ1) is 17.5. The van der Waals surface area contributed by atoms with Gasteiger partial charge in [0.2, 0.25) is 0 Å². The summed E-state index contributed by atoms with van der Waals surface area (Å²) >= 11 is 1.66. The minimum Gasteiger partial charge on any atom is -0.481 e. The highest BCUT2D eigenvalue weighted by atomic mass is 32.1. The Labute approximate surface area is 129 Å². The summed E-state index contributed by atoms with van der Waals surface area (Å²) in [6.07, 6.45) is 2.60. The van der Waals surface area contributed by atoms with Gasteiger partial charge in [0, 0.05) is 17.8 Å². The zero-order chi connectivity index (χ0) is 15.7. The van der Waals surface area contributed by atoms with E-state index in [2.05, 4.69) is 23.6 Å². The van der Waals surface area contributed by atoms with Crippen LogP contribution in [0.4, 0.5) is 4.79 Å². The first-order chi connectivity index (χ1) is 10.0. The van der Waals surface area contributed by atoms with Crippen molar-refractivity contribution in [3.05, 3.63) is 21.9 Å². The molecule has 0 aliphatic carbocycles. The minimum absolute atomic E-state index is 0.170. The summed E-state index contributed by atoms with van der Waals surface area (Å²) in [6.45, 7) is 5.23. The summed E-state index contributed by atoms with van der Waals surface area (Å²) in [5.41, 5.74) is 1.28. The molecule has 0 radical (unpaired) electrons. The molecule has 0 aliphatic rings. The molecule has 2 amide bonds. The molecule has 1 rings (SSSR count). The number of hydrogen-bond donors (Lipinski definition) is 3. The Morgan fingerprint density at radius 2 is 2.10 bits per heavy atom. The molecule has 6 heteroatoms. The Kier molecular flexibility index (Phi) is 7.82. The van der Waals surface area contributed by atoms with E-state index in [9.17, 15) is 9.59 Å². The highest BCUT2D eigenvalue weighted by molar-refractivity contribution is 7.10. The van der Waals surface area contributed by atoms with E-state index in [1.807, 2.05) is 12.3 Å². The van der Waals surface area contributed by atoms with Crippen LogP contribution in [-0.4, -0.2) is 23.7 Å². The van der Waals surface area contributed by atoms with Crippen molar-refractivity contribution >= 4 is 23.3 Å². The molecule has 0 bridgehead atoms. The number of aryl methyl sites for hydroxylation is 1. The number of carboxylic acid groups (broad SMARTS) is 1. The summed E-state index contributed by atoms with van der Waals surface area (Å²) in [7, 11) is 0. The van der Waals surface area contributed by atoms with E-state index in [-0.39, 0.29) is 12.5 Å². The average Bonchev–Trinajstić information content (AvgIpc) is 2.90. The average molecular weight is 312 g/mol. The Morgan fingerprint density at radius 1 is 1.33 bits per heavy atom. The maximum absolute atomic E-state index is 11.7. The lowest BCUT2D eigenvalue weighted by atomic mass is 10.0. The fourth-order valence-corrected chi connectivity index (χ4v) is 2.92. The second-order valence-corrected chi connectivity index (χ2v) is 6.16. The van der Waals surface area contributed by atoms with Crippen molar-refractivity contribution in [3.8, 4) is 0 Å². The van der Waals surface area contributed by atoms with Crippen molar-refractivity contribution in [2.45, 2.75) is 46.1 Å². The van der Waals surface area contributed by atoms with E-state index in [1.54, 1.807) is 11.3 Å². The second-order valence-electron chi connectivity index (χ2n) is 5.16. The van der Waals surface area contributed by atoms with Crippen LogP contribution in [0.1, 0.15) is 43.6 Å². The summed E-state index contributed by atoms with van der Waals surface area (Å²) < 4.78 is 0. The van der Waals surface area contributed by atoms with Gasteiger partial charge in [-0.25, -0.2) is 4.79 Å². The third-order valence-corrected chi connectivity index (χ3v) is 4.36. The molecule has 1 heterocycles. The van der Waals surface area contributed by atoms with E-state index in [0.29, 0.717) is 25.4 Å². The van der Waals surface area contributed by atoms with Gasteiger partial charge in [-0.05, 0) is 42.2 Å². The Bertz CT molecular complexity index is 460. The quantitative estimate of drug-likeness (QED) is 0.656. The van der Waals surface area contributed by atoms with E-state index in [4.69, 9.17) is 5.11 Å². The van der Waals surface area contributed by atoms with Crippen LogP contribution in [0.2, 0.25) is 0 Å². The van der Waals surface area contributed by atoms with Crippen LogP contribution in [0.5, 0.6) is 0 Å². The van der Waals surface area contributed by atoms with Gasteiger partial charge in [-0.3, -0.25) is 4.79 Å². The van der Waals surface area contributed by atoms with E-state index < -0.39 is 5.97 Å². The molecule has 0 aliphatic heterocycles. The minimum atomic E-state index is -0.768. The Hall–Kier alpha value is -1.56. The molecule has 0 fully saturated rings. The normalized spacial score (nSPS) is 11.9. The fourth-order valence-electron chi connectivity index (χ4n) is 2.01. The smallest absolute Gasteiger partial charge is 0.315 e. The molecule has 1 aromatic heterocycles. The van der Waals surface area contributed by atoms with Gasteiger partial charge in [0.05, 0.1) is 6.54 Å². The number of aliphatic carboxylic acids is 1. The molecule has 0 spiro atoms. The molecule has 21 heavy (non-hydrogen) atoms. The predicted molar refractivity (Wildman–Crippen MR) is 84.6 cm³/mol. The van der Waals surface area contributed by atoms with Gasteiger partial charge in [-0.1, -0.05) is 13.8 Å². The molecule has 1 atom stereocenters. The molecule has 1 aromatic rings. The van der Waals surface area contributed by atoms with Gasteiger partial charge in [-0.2, -0.15) is 0 Å². The summed E-state index contributed by atoms with van der Waals surface area (Å²) in [4.78, 5) is 23.3.